The number of esters is 1. The van der Waals surface area contributed by atoms with Gasteiger partial charge in [-0.3, -0.25) is 9.69 Å². The number of ether oxygens (including phenoxy) is 1. The smallest absolute Gasteiger partial charge is 0.327 e. The van der Waals surface area contributed by atoms with Crippen molar-refractivity contribution in [1.82, 2.24) is 4.90 Å². The van der Waals surface area contributed by atoms with Crippen molar-refractivity contribution in [2.45, 2.75) is 18.4 Å². The number of carbonyl (C=O) groups excluding carboxylic acids is 1. The summed E-state index contributed by atoms with van der Waals surface area (Å²) in [5.41, 5.74) is 5.21. The zero-order valence-corrected chi connectivity index (χ0v) is 11.4. The molecule has 0 aromatic heterocycles. The molecule has 1 aliphatic heterocycles. The number of methoxy groups -OCH3 is 1. The standard InChI is InChI=1S/C11H20N2O4S/c1-17-10(14)11(12,9-2-3-9)8-13-4-6-18(15,16)7-5-13/h9H,2-8,12H2,1H3. The fraction of sp³-hybridized carbons (Fsp3) is 0.909. The number of nitrogens with zero attached hydrogens (tertiary/aromatic N) is 1. The zero-order chi connectivity index (χ0) is 13.4. The highest BCUT2D eigenvalue weighted by atomic mass is 32.2. The normalized spacial score (nSPS) is 27.4. The van der Waals surface area contributed by atoms with Crippen molar-refractivity contribution >= 4 is 15.8 Å². The molecule has 2 N–H and O–H groups in total. The van der Waals surface area contributed by atoms with Gasteiger partial charge in [0.15, 0.2) is 9.84 Å². The van der Waals surface area contributed by atoms with Gasteiger partial charge in [-0.2, -0.15) is 0 Å². The molecule has 2 aliphatic rings. The molecule has 1 saturated carbocycles. The number of nitrogens with two attached hydrogens (primary N) is 1. The SMILES string of the molecule is COC(=O)C(N)(CN1CCS(=O)(=O)CC1)C1CC1. The highest BCUT2D eigenvalue weighted by Gasteiger charge is 2.50. The molecular formula is C11H20N2O4S. The fourth-order valence-electron chi connectivity index (χ4n) is 2.43. The number of sulfone groups is 1. The van der Waals surface area contributed by atoms with Gasteiger partial charge in [0.25, 0.3) is 0 Å². The van der Waals surface area contributed by atoms with Crippen molar-refractivity contribution in [3.63, 3.8) is 0 Å². The van der Waals surface area contributed by atoms with E-state index < -0.39 is 21.3 Å². The van der Waals surface area contributed by atoms with Crippen molar-refractivity contribution in [3.05, 3.63) is 0 Å². The Balaban J connectivity index is 2.00. The van der Waals surface area contributed by atoms with Crippen LogP contribution in [0.1, 0.15) is 12.8 Å². The molecule has 104 valence electrons. The maximum atomic E-state index is 11.8. The molecule has 7 heteroatoms. The maximum absolute atomic E-state index is 11.8. The highest BCUT2D eigenvalue weighted by Crippen LogP contribution is 2.39. The summed E-state index contributed by atoms with van der Waals surface area (Å²) in [7, 11) is -1.56. The van der Waals surface area contributed by atoms with Gasteiger partial charge < -0.3 is 10.5 Å². The highest BCUT2D eigenvalue weighted by molar-refractivity contribution is 7.91. The first-order chi connectivity index (χ1) is 8.37. The Morgan fingerprint density at radius 1 is 1.39 bits per heavy atom. The number of rotatable bonds is 4. The lowest BCUT2D eigenvalue weighted by Gasteiger charge is -2.35. The Morgan fingerprint density at radius 2 is 1.94 bits per heavy atom. The van der Waals surface area contributed by atoms with E-state index in [1.54, 1.807) is 0 Å². The van der Waals surface area contributed by atoms with Crippen molar-refractivity contribution in [2.24, 2.45) is 11.7 Å². The molecular weight excluding hydrogens is 256 g/mol. The molecule has 0 aromatic rings. The fourth-order valence-corrected chi connectivity index (χ4v) is 3.70. The summed E-state index contributed by atoms with van der Waals surface area (Å²) < 4.78 is 27.5. The van der Waals surface area contributed by atoms with Crippen LogP contribution in [-0.2, 0) is 19.4 Å². The minimum absolute atomic E-state index is 0.148. The van der Waals surface area contributed by atoms with Crippen LogP contribution in [0.5, 0.6) is 0 Å². The average molecular weight is 276 g/mol. The van der Waals surface area contributed by atoms with Gasteiger partial charge in [-0.1, -0.05) is 0 Å². The second kappa shape index (κ2) is 4.79. The summed E-state index contributed by atoms with van der Waals surface area (Å²) in [6.07, 6.45) is 1.88. The summed E-state index contributed by atoms with van der Waals surface area (Å²) in [5, 5.41) is 0. The van der Waals surface area contributed by atoms with Gasteiger partial charge in [-0.15, -0.1) is 0 Å². The largest absolute Gasteiger partial charge is 0.468 e. The molecule has 0 bridgehead atoms. The molecule has 1 unspecified atom stereocenters. The van der Waals surface area contributed by atoms with Crippen molar-refractivity contribution in [1.29, 1.82) is 0 Å². The van der Waals surface area contributed by atoms with Crippen LogP contribution in [0.2, 0.25) is 0 Å². The van der Waals surface area contributed by atoms with Crippen LogP contribution >= 0.6 is 0 Å². The third-order valence-corrected chi connectivity index (χ3v) is 5.40. The molecule has 0 aromatic carbocycles. The van der Waals surface area contributed by atoms with Crippen LogP contribution in [0.15, 0.2) is 0 Å². The molecule has 1 heterocycles. The van der Waals surface area contributed by atoms with E-state index in [0.717, 1.165) is 12.8 Å². The predicted molar refractivity (Wildman–Crippen MR) is 66.8 cm³/mol. The second-order valence-corrected chi connectivity index (χ2v) is 7.54. The number of carbonyl (C=O) groups is 1. The first kappa shape index (κ1) is 13.8. The lowest BCUT2D eigenvalue weighted by atomic mass is 9.93. The van der Waals surface area contributed by atoms with Crippen LogP contribution < -0.4 is 5.73 Å². The number of hydrogen-bond acceptors (Lipinski definition) is 6. The summed E-state index contributed by atoms with van der Waals surface area (Å²) >= 11 is 0. The van der Waals surface area contributed by atoms with E-state index in [9.17, 15) is 13.2 Å². The summed E-state index contributed by atoms with van der Waals surface area (Å²) in [6.45, 7) is 1.29. The Labute approximate surface area is 107 Å². The quantitative estimate of drug-likeness (QED) is 0.662. The Kier molecular flexibility index (Phi) is 3.66. The van der Waals surface area contributed by atoms with Gasteiger partial charge in [0.1, 0.15) is 5.54 Å². The molecule has 1 atom stereocenters. The summed E-state index contributed by atoms with van der Waals surface area (Å²) in [6, 6.07) is 0. The third-order valence-electron chi connectivity index (χ3n) is 3.79. The van der Waals surface area contributed by atoms with Crippen molar-refractivity contribution in [3.8, 4) is 0 Å². The van der Waals surface area contributed by atoms with E-state index in [2.05, 4.69) is 0 Å². The lowest BCUT2D eigenvalue weighted by molar-refractivity contribution is -0.148. The van der Waals surface area contributed by atoms with E-state index in [1.165, 1.54) is 7.11 Å². The summed E-state index contributed by atoms with van der Waals surface area (Å²) in [4.78, 5) is 13.8. The van der Waals surface area contributed by atoms with E-state index in [0.29, 0.717) is 19.6 Å². The molecule has 1 saturated heterocycles. The van der Waals surface area contributed by atoms with Crippen LogP contribution in [0.4, 0.5) is 0 Å². The Morgan fingerprint density at radius 3 is 2.39 bits per heavy atom. The topological polar surface area (TPSA) is 89.7 Å². The molecule has 2 rings (SSSR count). The van der Waals surface area contributed by atoms with Crippen molar-refractivity contribution < 1.29 is 17.9 Å². The molecule has 0 spiro atoms. The second-order valence-electron chi connectivity index (χ2n) is 5.23. The molecule has 18 heavy (non-hydrogen) atoms. The number of hydrogen-bond donors (Lipinski definition) is 1. The average Bonchev–Trinajstić information content (AvgIpc) is 3.15. The lowest BCUT2D eigenvalue weighted by Crippen LogP contribution is -2.60. The Hall–Kier alpha value is -0.660. The van der Waals surface area contributed by atoms with E-state index in [-0.39, 0.29) is 17.4 Å². The van der Waals surface area contributed by atoms with E-state index in [1.807, 2.05) is 4.90 Å². The van der Waals surface area contributed by atoms with Gasteiger partial charge >= 0.3 is 5.97 Å². The minimum atomic E-state index is -2.90. The predicted octanol–water partition coefficient (Wildman–Crippen LogP) is -1.00. The van der Waals surface area contributed by atoms with Gasteiger partial charge in [0.2, 0.25) is 0 Å². The molecule has 6 nitrogen and oxygen atoms in total. The third kappa shape index (κ3) is 2.84. The van der Waals surface area contributed by atoms with Crippen molar-refractivity contribution in [2.75, 3.05) is 38.2 Å². The monoisotopic (exact) mass is 276 g/mol. The molecule has 2 fully saturated rings. The molecule has 0 amide bonds. The first-order valence-electron chi connectivity index (χ1n) is 6.17. The minimum Gasteiger partial charge on any atom is -0.468 e. The molecule has 0 radical (unpaired) electrons. The van der Waals surface area contributed by atoms with Gasteiger partial charge in [-0.25, -0.2) is 8.42 Å². The Bertz CT molecular complexity index is 418. The van der Waals surface area contributed by atoms with Crippen LogP contribution in [0.3, 0.4) is 0 Å². The van der Waals surface area contributed by atoms with Crippen LogP contribution in [0.25, 0.3) is 0 Å². The zero-order valence-electron chi connectivity index (χ0n) is 10.6. The van der Waals surface area contributed by atoms with Gasteiger partial charge in [0.05, 0.1) is 18.6 Å². The van der Waals surface area contributed by atoms with Gasteiger partial charge in [-0.05, 0) is 18.8 Å². The van der Waals surface area contributed by atoms with Gasteiger partial charge in [0, 0.05) is 19.6 Å². The van der Waals surface area contributed by atoms with Crippen LogP contribution in [0, 0.1) is 5.92 Å². The van der Waals surface area contributed by atoms with Crippen LogP contribution in [-0.4, -0.2) is 63.1 Å². The summed E-state index contributed by atoms with van der Waals surface area (Å²) in [5.74, 6) is 0.0750. The molecule has 1 aliphatic carbocycles. The van der Waals surface area contributed by atoms with E-state index in [4.69, 9.17) is 10.5 Å². The van der Waals surface area contributed by atoms with E-state index >= 15 is 0 Å². The maximum Gasteiger partial charge on any atom is 0.327 e. The first-order valence-corrected chi connectivity index (χ1v) is 7.99.